The third-order valence-electron chi connectivity index (χ3n) is 9.35. The van der Waals surface area contributed by atoms with E-state index >= 15 is 0 Å². The summed E-state index contributed by atoms with van der Waals surface area (Å²) in [6.07, 6.45) is 19.0. The van der Waals surface area contributed by atoms with E-state index in [1.54, 1.807) is 0 Å². The van der Waals surface area contributed by atoms with Crippen LogP contribution in [-0.2, 0) is 6.54 Å². The summed E-state index contributed by atoms with van der Waals surface area (Å²) in [4.78, 5) is 27.6. The number of hydrogen-bond acceptors (Lipinski definition) is 2. The van der Waals surface area contributed by atoms with Gasteiger partial charge < -0.3 is 0 Å². The molecule has 1 heterocycles. The molecule has 2 aromatic rings. The van der Waals surface area contributed by atoms with Crippen molar-refractivity contribution in [1.82, 2.24) is 4.57 Å². The van der Waals surface area contributed by atoms with Gasteiger partial charge in [-0.1, -0.05) is 76.1 Å². The molecule has 1 spiro atoms. The smallest absolute Gasteiger partial charge is 0.254 e. The SMILES string of the molecule is CCCCCCCC[n+]1c2c(n(C3CCC4(CCCCC4)CC3)c1C)C(=O)c1ccccc1C2=O. The molecule has 1 aromatic carbocycles. The van der Waals surface area contributed by atoms with Gasteiger partial charge in [-0.05, 0) is 56.8 Å². The Morgan fingerprint density at radius 3 is 2.17 bits per heavy atom. The third-order valence-corrected chi connectivity index (χ3v) is 9.35. The highest BCUT2D eigenvalue weighted by Crippen LogP contribution is 2.50. The first kappa shape index (κ1) is 24.5. The van der Waals surface area contributed by atoms with Crippen molar-refractivity contribution in [3.8, 4) is 0 Å². The second-order valence-electron chi connectivity index (χ2n) is 11.5. The van der Waals surface area contributed by atoms with Crippen molar-refractivity contribution in [3.05, 3.63) is 52.6 Å². The van der Waals surface area contributed by atoms with Crippen LogP contribution in [0.1, 0.15) is 147 Å². The minimum atomic E-state index is 0.0302. The Labute approximate surface area is 211 Å². The standard InChI is InChI=1S/C31H43N2O2/c1-3-4-5-6-7-13-22-32-23(2)33(24-16-20-31(21-17-24)18-11-8-12-19-31)28-27(32)29(34)25-14-9-10-15-26(25)30(28)35/h9-10,14-15,24H,3-8,11-13,16-22H2,1-2H3/q+1. The van der Waals surface area contributed by atoms with Crippen LogP contribution in [0.25, 0.3) is 0 Å². The highest BCUT2D eigenvalue weighted by Gasteiger charge is 2.46. The van der Waals surface area contributed by atoms with Crippen LogP contribution < -0.4 is 4.57 Å². The molecule has 0 bridgehead atoms. The molecule has 0 radical (unpaired) electrons. The first-order valence-corrected chi connectivity index (χ1v) is 14.4. The molecule has 2 saturated carbocycles. The van der Waals surface area contributed by atoms with Gasteiger partial charge in [-0.3, -0.25) is 9.59 Å². The lowest BCUT2D eigenvalue weighted by Gasteiger charge is -2.42. The van der Waals surface area contributed by atoms with E-state index in [1.807, 2.05) is 24.3 Å². The van der Waals surface area contributed by atoms with Gasteiger partial charge in [0.2, 0.25) is 23.0 Å². The maximum atomic E-state index is 13.8. The quantitative estimate of drug-likeness (QED) is 0.254. The molecular formula is C31H43N2O2+. The molecular weight excluding hydrogens is 432 g/mol. The van der Waals surface area contributed by atoms with Crippen LogP contribution in [0, 0.1) is 12.3 Å². The molecule has 35 heavy (non-hydrogen) atoms. The van der Waals surface area contributed by atoms with Crippen LogP contribution in [0.2, 0.25) is 0 Å². The summed E-state index contributed by atoms with van der Waals surface area (Å²) in [5, 5.41) is 0. The van der Waals surface area contributed by atoms with Crippen molar-refractivity contribution in [2.75, 3.05) is 0 Å². The molecule has 0 aliphatic heterocycles. The molecule has 0 unspecified atom stereocenters. The minimum Gasteiger partial charge on any atom is -0.284 e. The Bertz CT molecular complexity index is 1080. The number of fused-ring (bicyclic) bond motifs is 2. The van der Waals surface area contributed by atoms with Gasteiger partial charge in [0.1, 0.15) is 6.04 Å². The number of imidazole rings is 1. The van der Waals surface area contributed by atoms with Crippen molar-refractivity contribution >= 4 is 11.6 Å². The number of rotatable bonds is 8. The van der Waals surface area contributed by atoms with E-state index in [0.717, 1.165) is 31.6 Å². The van der Waals surface area contributed by atoms with Gasteiger partial charge in [-0.15, -0.1) is 0 Å². The Kier molecular flexibility index (Phi) is 7.27. The molecule has 4 heteroatoms. The lowest BCUT2D eigenvalue weighted by molar-refractivity contribution is -0.704. The molecule has 0 amide bonds. The monoisotopic (exact) mass is 475 g/mol. The van der Waals surface area contributed by atoms with Gasteiger partial charge in [-0.25, -0.2) is 9.13 Å². The molecule has 4 nitrogen and oxygen atoms in total. The average Bonchev–Trinajstić information content (AvgIpc) is 3.18. The highest BCUT2D eigenvalue weighted by atomic mass is 16.1. The zero-order chi connectivity index (χ0) is 24.4. The normalized spacial score (nSPS) is 19.7. The zero-order valence-corrected chi connectivity index (χ0v) is 21.9. The molecule has 5 rings (SSSR count). The van der Waals surface area contributed by atoms with Crippen LogP contribution in [0.4, 0.5) is 0 Å². The first-order valence-electron chi connectivity index (χ1n) is 14.4. The van der Waals surface area contributed by atoms with Gasteiger partial charge in [0.05, 0.1) is 6.54 Å². The Balaban J connectivity index is 1.46. The van der Waals surface area contributed by atoms with Crippen molar-refractivity contribution < 1.29 is 14.2 Å². The van der Waals surface area contributed by atoms with Crippen LogP contribution in [0.5, 0.6) is 0 Å². The highest BCUT2D eigenvalue weighted by molar-refractivity contribution is 6.26. The van der Waals surface area contributed by atoms with E-state index in [1.165, 1.54) is 77.0 Å². The lowest BCUT2D eigenvalue weighted by Crippen LogP contribution is -2.43. The number of hydrogen-bond donors (Lipinski definition) is 0. The second-order valence-corrected chi connectivity index (χ2v) is 11.5. The fraction of sp³-hybridized carbons (Fsp3) is 0.645. The van der Waals surface area contributed by atoms with Gasteiger partial charge >= 0.3 is 0 Å². The maximum absolute atomic E-state index is 13.8. The van der Waals surface area contributed by atoms with Gasteiger partial charge in [0.25, 0.3) is 5.82 Å². The summed E-state index contributed by atoms with van der Waals surface area (Å²) >= 11 is 0. The van der Waals surface area contributed by atoms with Crippen LogP contribution in [0.3, 0.4) is 0 Å². The Hall–Kier alpha value is -2.23. The Morgan fingerprint density at radius 1 is 0.857 bits per heavy atom. The second kappa shape index (κ2) is 10.4. The van der Waals surface area contributed by atoms with Gasteiger partial charge in [0.15, 0.2) is 0 Å². The van der Waals surface area contributed by atoms with E-state index < -0.39 is 0 Å². The molecule has 0 atom stereocenters. The summed E-state index contributed by atoms with van der Waals surface area (Å²) in [5.41, 5.74) is 3.01. The Morgan fingerprint density at radius 2 is 1.49 bits per heavy atom. The van der Waals surface area contributed by atoms with Crippen LogP contribution in [0.15, 0.2) is 24.3 Å². The zero-order valence-electron chi connectivity index (χ0n) is 21.9. The van der Waals surface area contributed by atoms with Crippen molar-refractivity contribution in [2.24, 2.45) is 5.41 Å². The fourth-order valence-corrected chi connectivity index (χ4v) is 7.32. The topological polar surface area (TPSA) is 43.0 Å². The third kappa shape index (κ3) is 4.54. The number of aromatic nitrogens is 2. The van der Waals surface area contributed by atoms with Gasteiger partial charge in [-0.2, -0.15) is 0 Å². The van der Waals surface area contributed by atoms with E-state index in [2.05, 4.69) is 23.0 Å². The molecule has 188 valence electrons. The van der Waals surface area contributed by atoms with E-state index in [0.29, 0.717) is 34.0 Å². The lowest BCUT2D eigenvalue weighted by atomic mass is 9.64. The predicted octanol–water partition coefficient (Wildman–Crippen LogP) is 7.29. The average molecular weight is 476 g/mol. The molecule has 2 fully saturated rings. The van der Waals surface area contributed by atoms with Gasteiger partial charge in [0, 0.05) is 18.1 Å². The summed E-state index contributed by atoms with van der Waals surface area (Å²) in [5.74, 6) is 1.17. The number of carbonyl (C=O) groups excluding carboxylic acids is 2. The summed E-state index contributed by atoms with van der Waals surface area (Å²) in [6, 6.07) is 7.74. The first-order chi connectivity index (χ1) is 17.1. The van der Waals surface area contributed by atoms with Crippen LogP contribution >= 0.6 is 0 Å². The maximum Gasteiger partial charge on any atom is 0.254 e. The number of unbranched alkanes of at least 4 members (excludes halogenated alkanes) is 5. The molecule has 1 aromatic heterocycles. The van der Waals surface area contributed by atoms with Crippen molar-refractivity contribution in [2.45, 2.75) is 123 Å². The molecule has 0 saturated heterocycles. The minimum absolute atomic E-state index is 0.0302. The van der Waals surface area contributed by atoms with E-state index in [9.17, 15) is 9.59 Å². The number of ketones is 2. The summed E-state index contributed by atoms with van der Waals surface area (Å²) in [7, 11) is 0. The molecule has 0 N–H and O–H groups in total. The fourth-order valence-electron chi connectivity index (χ4n) is 7.32. The van der Waals surface area contributed by atoms with E-state index in [-0.39, 0.29) is 11.6 Å². The number of benzene rings is 1. The summed E-state index contributed by atoms with van der Waals surface area (Å²) in [6.45, 7) is 5.22. The predicted molar refractivity (Wildman–Crippen MR) is 139 cm³/mol. The van der Waals surface area contributed by atoms with Crippen molar-refractivity contribution in [3.63, 3.8) is 0 Å². The largest absolute Gasteiger partial charge is 0.284 e. The summed E-state index contributed by atoms with van der Waals surface area (Å²) < 4.78 is 4.51. The van der Waals surface area contributed by atoms with Crippen LogP contribution in [-0.4, -0.2) is 16.1 Å². The van der Waals surface area contributed by atoms with E-state index in [4.69, 9.17) is 0 Å². The molecule has 3 aliphatic rings. The van der Waals surface area contributed by atoms with Crippen molar-refractivity contribution in [1.29, 1.82) is 0 Å². The molecule has 3 aliphatic carbocycles. The number of nitrogens with zero attached hydrogens (tertiary/aromatic N) is 2. The number of carbonyl (C=O) groups is 2.